The third kappa shape index (κ3) is 36.3. The van der Waals surface area contributed by atoms with Crippen LogP contribution in [0.1, 0.15) is 213 Å². The van der Waals surface area contributed by atoms with Crippen LogP contribution in [0.15, 0.2) is 24.3 Å². The number of aliphatic hydroxyl groups is 1. The van der Waals surface area contributed by atoms with Crippen molar-refractivity contribution in [3.8, 4) is 0 Å². The molecule has 0 bridgehead atoms. The molecule has 0 radical (unpaired) electrons. The number of esters is 1. The molecule has 0 aromatic carbocycles. The van der Waals surface area contributed by atoms with Crippen LogP contribution in [0.5, 0.6) is 0 Å². The molecule has 0 heterocycles. The Balaban J connectivity index is 4.28. The lowest BCUT2D eigenvalue weighted by Gasteiger charge is -2.18. The van der Waals surface area contributed by atoms with Crippen molar-refractivity contribution in [1.82, 2.24) is 10.6 Å². The molecule has 4 N–H and O–H groups in total. The monoisotopic (exact) mass is 763 g/mol. The van der Waals surface area contributed by atoms with Crippen molar-refractivity contribution in [1.29, 1.82) is 0 Å². The number of carboxylic acids is 1. The number of carbonyl (C=O) groups is 4. The van der Waals surface area contributed by atoms with Crippen molar-refractivity contribution in [2.45, 2.75) is 225 Å². The molecule has 0 spiro atoms. The van der Waals surface area contributed by atoms with E-state index in [1.54, 1.807) is 0 Å². The second kappa shape index (κ2) is 40.0. The molecular formula is C45H82N2O7. The molecule has 54 heavy (non-hydrogen) atoms. The van der Waals surface area contributed by atoms with Crippen molar-refractivity contribution in [3.63, 3.8) is 0 Å². The van der Waals surface area contributed by atoms with Crippen LogP contribution in [-0.4, -0.2) is 59.3 Å². The molecule has 2 atom stereocenters. The highest BCUT2D eigenvalue weighted by Crippen LogP contribution is 2.19. The quantitative estimate of drug-likeness (QED) is 0.0276. The van der Waals surface area contributed by atoms with Gasteiger partial charge in [0, 0.05) is 12.8 Å². The molecule has 0 saturated carbocycles. The Labute approximate surface area is 330 Å². The van der Waals surface area contributed by atoms with E-state index in [9.17, 15) is 19.2 Å². The van der Waals surface area contributed by atoms with Gasteiger partial charge < -0.3 is 25.6 Å². The Morgan fingerprint density at radius 3 is 1.50 bits per heavy atom. The van der Waals surface area contributed by atoms with Crippen LogP contribution in [0.3, 0.4) is 0 Å². The predicted octanol–water partition coefficient (Wildman–Crippen LogP) is 10.8. The highest BCUT2D eigenvalue weighted by atomic mass is 16.5. The van der Waals surface area contributed by atoms with E-state index < -0.39 is 24.5 Å². The van der Waals surface area contributed by atoms with Crippen LogP contribution in [0.25, 0.3) is 0 Å². The zero-order valence-electron chi connectivity index (χ0n) is 34.7. The topological polar surface area (TPSA) is 142 Å². The number of hydrogen-bond acceptors (Lipinski definition) is 6. The van der Waals surface area contributed by atoms with E-state index in [4.69, 9.17) is 14.9 Å². The molecule has 0 rings (SSSR count). The molecule has 9 nitrogen and oxygen atoms in total. The first kappa shape index (κ1) is 51.3. The average Bonchev–Trinajstić information content (AvgIpc) is 3.15. The molecule has 0 aliphatic rings. The lowest BCUT2D eigenvalue weighted by molar-refractivity contribution is -0.150. The minimum Gasteiger partial charge on any atom is -0.480 e. The number of unbranched alkanes of at least 4 members (excludes halogenated alkanes) is 22. The number of nitrogens with one attached hydrogen (secondary N) is 2. The number of amides is 2. The highest BCUT2D eigenvalue weighted by Gasteiger charge is 2.19. The first-order valence-electron chi connectivity index (χ1n) is 22.2. The summed E-state index contributed by atoms with van der Waals surface area (Å²) in [5.74, 6) is -2.30. The van der Waals surface area contributed by atoms with Crippen LogP contribution < -0.4 is 10.6 Å². The van der Waals surface area contributed by atoms with Crippen LogP contribution in [0.4, 0.5) is 0 Å². The average molecular weight is 763 g/mol. The van der Waals surface area contributed by atoms with Gasteiger partial charge in [-0.05, 0) is 70.6 Å². The summed E-state index contributed by atoms with van der Waals surface area (Å²) in [5, 5.41) is 22.5. The summed E-state index contributed by atoms with van der Waals surface area (Å²) < 4.78 is 6.02. The fourth-order valence-electron chi connectivity index (χ4n) is 6.51. The smallest absolute Gasteiger partial charge is 0.328 e. The Morgan fingerprint density at radius 1 is 0.556 bits per heavy atom. The van der Waals surface area contributed by atoms with Crippen LogP contribution in [-0.2, 0) is 23.9 Å². The van der Waals surface area contributed by atoms with Gasteiger partial charge in [-0.3, -0.25) is 14.4 Å². The van der Waals surface area contributed by atoms with Crippen molar-refractivity contribution >= 4 is 23.8 Å². The summed E-state index contributed by atoms with van der Waals surface area (Å²) in [6, 6.07) is -1.38. The van der Waals surface area contributed by atoms with Gasteiger partial charge in [-0.2, -0.15) is 0 Å². The van der Waals surface area contributed by atoms with Gasteiger partial charge in [-0.1, -0.05) is 154 Å². The van der Waals surface area contributed by atoms with Gasteiger partial charge in [0.25, 0.3) is 0 Å². The van der Waals surface area contributed by atoms with Crippen LogP contribution in [0.2, 0.25) is 0 Å². The number of rotatable bonds is 40. The number of ether oxygens (including phenoxy) is 1. The first-order valence-corrected chi connectivity index (χ1v) is 22.2. The summed E-state index contributed by atoms with van der Waals surface area (Å²) in [6.45, 7) is 3.47. The molecule has 0 saturated heterocycles. The number of aliphatic carboxylic acids is 1. The molecule has 314 valence electrons. The number of carbonyl (C=O) groups excluding carboxylic acids is 3. The van der Waals surface area contributed by atoms with Crippen molar-refractivity contribution in [2.24, 2.45) is 0 Å². The number of aliphatic hydroxyl groups excluding tert-OH is 1. The van der Waals surface area contributed by atoms with E-state index in [1.807, 2.05) is 0 Å². The number of carboxylic acid groups (broad SMARTS) is 1. The maximum Gasteiger partial charge on any atom is 0.328 e. The lowest BCUT2D eigenvalue weighted by Crippen LogP contribution is -2.47. The summed E-state index contributed by atoms with van der Waals surface area (Å²) in [6.07, 6.45) is 43.4. The highest BCUT2D eigenvalue weighted by molar-refractivity contribution is 5.87. The van der Waals surface area contributed by atoms with E-state index in [2.05, 4.69) is 48.8 Å². The SMILES string of the molecule is CCCCCC/C=C\C/C=C\CCCCCCCC(=O)OC(CCCCCCCCCCCC)CCCCCCCC(=O)NCC(=O)NC(CO)C(=O)O. The molecule has 0 aliphatic carbocycles. The van der Waals surface area contributed by atoms with Crippen molar-refractivity contribution in [3.05, 3.63) is 24.3 Å². The molecule has 0 aromatic heterocycles. The Bertz CT molecular complexity index is 968. The van der Waals surface area contributed by atoms with Crippen molar-refractivity contribution < 1.29 is 34.1 Å². The van der Waals surface area contributed by atoms with Crippen molar-refractivity contribution in [2.75, 3.05) is 13.2 Å². The standard InChI is InChI=1S/C45H82N2O7/c1-3-5-7-9-11-13-15-16-17-18-19-20-22-24-29-33-37-44(51)54-40(34-30-26-23-21-14-12-10-8-6-4-2)35-31-27-25-28-32-36-42(49)46-38-43(50)47-41(39-48)45(52)53/h13,15,17-18,40-41,48H,3-12,14,16,19-39H2,1-2H3,(H,46,49)(H,47,50)(H,52,53)/b15-13-,18-17-. The predicted molar refractivity (Wildman–Crippen MR) is 222 cm³/mol. The maximum atomic E-state index is 12.8. The number of hydrogen-bond donors (Lipinski definition) is 4. The zero-order chi connectivity index (χ0) is 39.7. The fourth-order valence-corrected chi connectivity index (χ4v) is 6.51. The van der Waals surface area contributed by atoms with Gasteiger partial charge in [-0.25, -0.2) is 4.79 Å². The molecule has 0 aromatic rings. The zero-order valence-corrected chi connectivity index (χ0v) is 34.7. The minimum absolute atomic E-state index is 0.0160. The van der Waals surface area contributed by atoms with E-state index in [0.717, 1.165) is 77.0 Å². The third-order valence-electron chi connectivity index (χ3n) is 9.95. The summed E-state index contributed by atoms with van der Waals surface area (Å²) in [4.78, 5) is 47.5. The van der Waals surface area contributed by atoms with Gasteiger partial charge in [0.1, 0.15) is 12.1 Å². The third-order valence-corrected chi connectivity index (χ3v) is 9.95. The summed E-state index contributed by atoms with van der Waals surface area (Å²) in [5.41, 5.74) is 0. The summed E-state index contributed by atoms with van der Waals surface area (Å²) >= 11 is 0. The second-order valence-electron chi connectivity index (χ2n) is 15.1. The van der Waals surface area contributed by atoms with Gasteiger partial charge in [0.05, 0.1) is 13.2 Å². The van der Waals surface area contributed by atoms with E-state index in [1.165, 1.54) is 103 Å². The second-order valence-corrected chi connectivity index (χ2v) is 15.1. The Kier molecular flexibility index (Phi) is 38.0. The van der Waals surface area contributed by atoms with Gasteiger partial charge in [0.15, 0.2) is 0 Å². The van der Waals surface area contributed by atoms with Gasteiger partial charge >= 0.3 is 11.9 Å². The Morgan fingerprint density at radius 2 is 1.00 bits per heavy atom. The molecule has 0 fully saturated rings. The molecule has 0 aliphatic heterocycles. The van der Waals surface area contributed by atoms with Crippen LogP contribution in [0, 0.1) is 0 Å². The normalized spacial score (nSPS) is 12.6. The molecule has 2 amide bonds. The van der Waals surface area contributed by atoms with E-state index in [-0.39, 0.29) is 24.5 Å². The largest absolute Gasteiger partial charge is 0.480 e. The van der Waals surface area contributed by atoms with E-state index >= 15 is 0 Å². The minimum atomic E-state index is -1.38. The molecular weight excluding hydrogens is 681 g/mol. The summed E-state index contributed by atoms with van der Waals surface area (Å²) in [7, 11) is 0. The van der Waals surface area contributed by atoms with Crippen LogP contribution >= 0.6 is 0 Å². The maximum absolute atomic E-state index is 12.8. The molecule has 2 unspecified atom stereocenters. The van der Waals surface area contributed by atoms with Gasteiger partial charge in [0.2, 0.25) is 11.8 Å². The number of allylic oxidation sites excluding steroid dienone is 4. The first-order chi connectivity index (χ1) is 26.3. The van der Waals surface area contributed by atoms with Gasteiger partial charge in [-0.15, -0.1) is 0 Å². The molecule has 9 heteroatoms. The van der Waals surface area contributed by atoms with E-state index in [0.29, 0.717) is 19.3 Å². The fraction of sp³-hybridized carbons (Fsp3) is 0.822. The Hall–Kier alpha value is -2.68. The lowest BCUT2D eigenvalue weighted by atomic mass is 10.0.